The van der Waals surface area contributed by atoms with E-state index in [4.69, 9.17) is 0 Å². The summed E-state index contributed by atoms with van der Waals surface area (Å²) >= 11 is 0. The fourth-order valence-corrected chi connectivity index (χ4v) is 1.27. The number of non-ortho nitro benzene ring substituents is 1. The molecule has 0 aromatic heterocycles. The van der Waals surface area contributed by atoms with Crippen LogP contribution in [0.4, 0.5) is 11.4 Å². The fourth-order valence-electron chi connectivity index (χ4n) is 1.27. The molecular weight excluding hydrogens is 192 g/mol. The Morgan fingerprint density at radius 1 is 1.47 bits per heavy atom. The second-order valence-corrected chi connectivity index (χ2v) is 4.03. The van der Waals surface area contributed by atoms with Gasteiger partial charge >= 0.3 is 0 Å². The number of nitro benzene ring substituents is 1. The lowest BCUT2D eigenvalue weighted by atomic mass is 10.1. The molecule has 0 fully saturated rings. The summed E-state index contributed by atoms with van der Waals surface area (Å²) in [5.41, 5.74) is 2.02. The molecule has 4 heteroatoms. The highest BCUT2D eigenvalue weighted by atomic mass is 16.6. The first-order valence-electron chi connectivity index (χ1n) is 4.99. The normalized spacial score (nSPS) is 10.4. The van der Waals surface area contributed by atoms with Gasteiger partial charge in [-0.05, 0) is 24.5 Å². The van der Waals surface area contributed by atoms with E-state index in [0.717, 1.165) is 17.8 Å². The van der Waals surface area contributed by atoms with Gasteiger partial charge in [0.2, 0.25) is 0 Å². The largest absolute Gasteiger partial charge is 0.385 e. The van der Waals surface area contributed by atoms with E-state index >= 15 is 0 Å². The van der Waals surface area contributed by atoms with E-state index in [1.54, 1.807) is 12.1 Å². The van der Waals surface area contributed by atoms with Crippen LogP contribution in [0.3, 0.4) is 0 Å². The monoisotopic (exact) mass is 208 g/mol. The van der Waals surface area contributed by atoms with E-state index in [0.29, 0.717) is 5.92 Å². The molecule has 0 aliphatic rings. The molecule has 0 heterocycles. The quantitative estimate of drug-likeness (QED) is 0.611. The van der Waals surface area contributed by atoms with Gasteiger partial charge in [-0.15, -0.1) is 0 Å². The maximum absolute atomic E-state index is 10.5. The first-order chi connectivity index (χ1) is 7.00. The lowest BCUT2D eigenvalue weighted by molar-refractivity contribution is -0.384. The van der Waals surface area contributed by atoms with Gasteiger partial charge in [-0.2, -0.15) is 0 Å². The van der Waals surface area contributed by atoms with Gasteiger partial charge in [0.1, 0.15) is 0 Å². The molecule has 1 rings (SSSR count). The van der Waals surface area contributed by atoms with Crippen LogP contribution in [0.15, 0.2) is 18.2 Å². The third-order valence-electron chi connectivity index (χ3n) is 2.12. The SMILES string of the molecule is Cc1cc([N+](=O)[O-])ccc1NCC(C)C. The molecule has 1 N–H and O–H groups in total. The molecule has 4 nitrogen and oxygen atoms in total. The van der Waals surface area contributed by atoms with Crippen LogP contribution in [-0.2, 0) is 0 Å². The standard InChI is InChI=1S/C11H16N2O2/c1-8(2)7-12-11-5-4-10(13(14)15)6-9(11)3/h4-6,8,12H,7H2,1-3H3. The minimum absolute atomic E-state index is 0.141. The number of nitrogens with one attached hydrogen (secondary N) is 1. The Kier molecular flexibility index (Phi) is 3.66. The van der Waals surface area contributed by atoms with E-state index in [9.17, 15) is 10.1 Å². The Labute approximate surface area is 89.5 Å². The van der Waals surface area contributed by atoms with Gasteiger partial charge in [0.05, 0.1) is 4.92 Å². The molecule has 1 aromatic carbocycles. The summed E-state index contributed by atoms with van der Waals surface area (Å²) in [6.07, 6.45) is 0. The zero-order chi connectivity index (χ0) is 11.4. The van der Waals surface area contributed by atoms with Crippen molar-refractivity contribution in [2.45, 2.75) is 20.8 Å². The van der Waals surface area contributed by atoms with Gasteiger partial charge in [0, 0.05) is 24.4 Å². The number of hydrogen-bond donors (Lipinski definition) is 1. The first kappa shape index (κ1) is 11.5. The zero-order valence-electron chi connectivity index (χ0n) is 9.28. The minimum Gasteiger partial charge on any atom is -0.385 e. The van der Waals surface area contributed by atoms with E-state index in [1.165, 1.54) is 6.07 Å². The Bertz CT molecular complexity index is 362. The molecule has 0 saturated carbocycles. The minimum atomic E-state index is -0.376. The molecule has 0 spiro atoms. The summed E-state index contributed by atoms with van der Waals surface area (Å²) in [7, 11) is 0. The average Bonchev–Trinajstić information content (AvgIpc) is 2.15. The first-order valence-corrected chi connectivity index (χ1v) is 4.99. The predicted molar refractivity (Wildman–Crippen MR) is 61.2 cm³/mol. The van der Waals surface area contributed by atoms with Crippen molar-refractivity contribution in [1.82, 2.24) is 0 Å². The fraction of sp³-hybridized carbons (Fsp3) is 0.455. The van der Waals surface area contributed by atoms with Crippen molar-refractivity contribution in [3.63, 3.8) is 0 Å². The maximum atomic E-state index is 10.5. The second-order valence-electron chi connectivity index (χ2n) is 4.03. The maximum Gasteiger partial charge on any atom is 0.269 e. The highest BCUT2D eigenvalue weighted by Gasteiger charge is 2.07. The lowest BCUT2D eigenvalue weighted by Gasteiger charge is -2.11. The Hall–Kier alpha value is -1.58. The van der Waals surface area contributed by atoms with Gasteiger partial charge in [-0.1, -0.05) is 13.8 Å². The van der Waals surface area contributed by atoms with Crippen LogP contribution in [0.2, 0.25) is 0 Å². The number of anilines is 1. The number of nitro groups is 1. The molecule has 0 aliphatic carbocycles. The predicted octanol–water partition coefficient (Wildman–Crippen LogP) is 2.97. The van der Waals surface area contributed by atoms with Crippen molar-refractivity contribution >= 4 is 11.4 Å². The van der Waals surface area contributed by atoms with Crippen LogP contribution in [0.1, 0.15) is 19.4 Å². The van der Waals surface area contributed by atoms with Crippen LogP contribution < -0.4 is 5.32 Å². The summed E-state index contributed by atoms with van der Waals surface area (Å²) in [6.45, 7) is 6.98. The van der Waals surface area contributed by atoms with Crippen LogP contribution in [0.5, 0.6) is 0 Å². The average molecular weight is 208 g/mol. The topological polar surface area (TPSA) is 55.2 Å². The molecular formula is C11H16N2O2. The number of nitrogens with zero attached hydrogens (tertiary/aromatic N) is 1. The molecule has 15 heavy (non-hydrogen) atoms. The lowest BCUT2D eigenvalue weighted by Crippen LogP contribution is -2.08. The highest BCUT2D eigenvalue weighted by molar-refractivity contribution is 5.55. The van der Waals surface area contributed by atoms with E-state index < -0.39 is 0 Å². The van der Waals surface area contributed by atoms with Crippen LogP contribution in [-0.4, -0.2) is 11.5 Å². The van der Waals surface area contributed by atoms with Crippen molar-refractivity contribution in [1.29, 1.82) is 0 Å². The van der Waals surface area contributed by atoms with Crippen LogP contribution in [0, 0.1) is 23.0 Å². The molecule has 0 unspecified atom stereocenters. The van der Waals surface area contributed by atoms with Crippen molar-refractivity contribution < 1.29 is 4.92 Å². The summed E-state index contributed by atoms with van der Waals surface area (Å²) in [4.78, 5) is 10.1. The molecule has 0 amide bonds. The van der Waals surface area contributed by atoms with E-state index in [2.05, 4.69) is 19.2 Å². The van der Waals surface area contributed by atoms with Crippen LogP contribution >= 0.6 is 0 Å². The molecule has 82 valence electrons. The molecule has 0 atom stereocenters. The summed E-state index contributed by atoms with van der Waals surface area (Å²) < 4.78 is 0. The van der Waals surface area contributed by atoms with Gasteiger partial charge in [0.15, 0.2) is 0 Å². The van der Waals surface area contributed by atoms with Gasteiger partial charge in [-0.25, -0.2) is 0 Å². The Morgan fingerprint density at radius 3 is 2.60 bits per heavy atom. The Morgan fingerprint density at radius 2 is 2.13 bits per heavy atom. The number of rotatable bonds is 4. The van der Waals surface area contributed by atoms with E-state index in [1.807, 2.05) is 6.92 Å². The smallest absolute Gasteiger partial charge is 0.269 e. The van der Waals surface area contributed by atoms with E-state index in [-0.39, 0.29) is 10.6 Å². The molecule has 0 aliphatic heterocycles. The second kappa shape index (κ2) is 4.77. The van der Waals surface area contributed by atoms with Crippen molar-refractivity contribution in [3.8, 4) is 0 Å². The van der Waals surface area contributed by atoms with Crippen LogP contribution in [0.25, 0.3) is 0 Å². The zero-order valence-corrected chi connectivity index (χ0v) is 9.28. The van der Waals surface area contributed by atoms with Crippen molar-refractivity contribution in [2.75, 3.05) is 11.9 Å². The van der Waals surface area contributed by atoms with Gasteiger partial charge in [-0.3, -0.25) is 10.1 Å². The van der Waals surface area contributed by atoms with Gasteiger partial charge in [0.25, 0.3) is 5.69 Å². The summed E-state index contributed by atoms with van der Waals surface area (Å²) in [6, 6.07) is 4.87. The molecule has 0 bridgehead atoms. The molecule has 1 aromatic rings. The third-order valence-corrected chi connectivity index (χ3v) is 2.12. The highest BCUT2D eigenvalue weighted by Crippen LogP contribution is 2.21. The van der Waals surface area contributed by atoms with Gasteiger partial charge < -0.3 is 5.32 Å². The van der Waals surface area contributed by atoms with Crippen molar-refractivity contribution in [3.05, 3.63) is 33.9 Å². The number of aryl methyl sites for hydroxylation is 1. The summed E-state index contributed by atoms with van der Waals surface area (Å²) in [5.74, 6) is 0.555. The Balaban J connectivity index is 2.79. The third kappa shape index (κ3) is 3.23. The summed E-state index contributed by atoms with van der Waals surface area (Å²) in [5, 5.41) is 13.8. The molecule has 0 radical (unpaired) electrons. The van der Waals surface area contributed by atoms with Crippen molar-refractivity contribution in [2.24, 2.45) is 5.92 Å². The number of hydrogen-bond acceptors (Lipinski definition) is 3. The molecule has 0 saturated heterocycles. The number of benzene rings is 1.